The largest absolute Gasteiger partial charge is 0.396 e. The molecule has 2 atom stereocenters. The van der Waals surface area contributed by atoms with Crippen LogP contribution in [0.5, 0.6) is 0 Å². The van der Waals surface area contributed by atoms with Crippen molar-refractivity contribution in [3.8, 4) is 0 Å². The van der Waals surface area contributed by atoms with Crippen molar-refractivity contribution in [1.82, 2.24) is 5.32 Å². The van der Waals surface area contributed by atoms with E-state index in [-0.39, 0.29) is 0 Å². The molecule has 11 heavy (non-hydrogen) atoms. The van der Waals surface area contributed by atoms with Crippen molar-refractivity contribution in [3.05, 3.63) is 0 Å². The minimum absolute atomic E-state index is 0.379. The summed E-state index contributed by atoms with van der Waals surface area (Å²) in [4.78, 5) is 0. The van der Waals surface area contributed by atoms with Crippen LogP contribution in [0.1, 0.15) is 32.1 Å². The van der Waals surface area contributed by atoms with E-state index >= 15 is 0 Å². The number of rotatable bonds is 3. The van der Waals surface area contributed by atoms with Gasteiger partial charge in [0, 0.05) is 18.7 Å². The van der Waals surface area contributed by atoms with Crippen LogP contribution in [-0.4, -0.2) is 23.8 Å². The summed E-state index contributed by atoms with van der Waals surface area (Å²) in [5, 5.41) is 12.6. The third-order valence-electron chi connectivity index (χ3n) is 2.92. The monoisotopic (exact) mass is 155 g/mol. The molecule has 2 unspecified atom stereocenters. The molecule has 0 bridgehead atoms. The minimum Gasteiger partial charge on any atom is -0.396 e. The molecule has 2 saturated carbocycles. The zero-order valence-electron chi connectivity index (χ0n) is 6.92. The van der Waals surface area contributed by atoms with Gasteiger partial charge in [0.05, 0.1) is 0 Å². The van der Waals surface area contributed by atoms with E-state index in [4.69, 9.17) is 5.11 Å². The molecule has 2 aliphatic rings. The van der Waals surface area contributed by atoms with Gasteiger partial charge < -0.3 is 10.4 Å². The quantitative estimate of drug-likeness (QED) is 0.634. The van der Waals surface area contributed by atoms with Gasteiger partial charge in [-0.2, -0.15) is 0 Å². The van der Waals surface area contributed by atoms with E-state index in [0.29, 0.717) is 18.6 Å². The first-order valence-electron chi connectivity index (χ1n) is 4.77. The Morgan fingerprint density at radius 1 is 1.18 bits per heavy atom. The number of hydrogen-bond donors (Lipinski definition) is 2. The summed E-state index contributed by atoms with van der Waals surface area (Å²) >= 11 is 0. The van der Waals surface area contributed by atoms with Crippen LogP contribution in [0.3, 0.4) is 0 Å². The second-order valence-electron chi connectivity index (χ2n) is 3.92. The van der Waals surface area contributed by atoms with Crippen molar-refractivity contribution in [2.24, 2.45) is 5.92 Å². The topological polar surface area (TPSA) is 32.3 Å². The van der Waals surface area contributed by atoms with Crippen LogP contribution in [0, 0.1) is 5.92 Å². The Hall–Kier alpha value is -0.0800. The molecule has 2 nitrogen and oxygen atoms in total. The average molecular weight is 155 g/mol. The first kappa shape index (κ1) is 7.56. The summed E-state index contributed by atoms with van der Waals surface area (Å²) in [6.07, 6.45) is 6.52. The van der Waals surface area contributed by atoms with Crippen LogP contribution in [-0.2, 0) is 0 Å². The molecular weight excluding hydrogens is 138 g/mol. The molecule has 0 saturated heterocycles. The molecule has 0 aromatic heterocycles. The Labute approximate surface area is 68.0 Å². The maximum absolute atomic E-state index is 9.03. The molecule has 0 heterocycles. The number of aliphatic hydroxyl groups excluding tert-OH is 1. The fourth-order valence-electron chi connectivity index (χ4n) is 2.03. The molecule has 0 aromatic rings. The number of nitrogens with one attached hydrogen (secondary N) is 1. The Morgan fingerprint density at radius 3 is 2.64 bits per heavy atom. The van der Waals surface area contributed by atoms with Crippen molar-refractivity contribution in [1.29, 1.82) is 0 Å². The highest BCUT2D eigenvalue weighted by atomic mass is 16.3. The Balaban J connectivity index is 1.79. The Morgan fingerprint density at radius 2 is 2.00 bits per heavy atom. The third kappa shape index (κ3) is 1.74. The van der Waals surface area contributed by atoms with E-state index < -0.39 is 0 Å². The van der Waals surface area contributed by atoms with Gasteiger partial charge in [-0.1, -0.05) is 6.42 Å². The van der Waals surface area contributed by atoms with Gasteiger partial charge in [0.15, 0.2) is 0 Å². The predicted molar refractivity (Wildman–Crippen MR) is 44.4 cm³/mol. The van der Waals surface area contributed by atoms with Crippen molar-refractivity contribution in [2.45, 2.75) is 44.2 Å². The van der Waals surface area contributed by atoms with Gasteiger partial charge in [0.2, 0.25) is 0 Å². The van der Waals surface area contributed by atoms with Gasteiger partial charge in [-0.25, -0.2) is 0 Å². The lowest BCUT2D eigenvalue weighted by atomic mass is 10.1. The van der Waals surface area contributed by atoms with Crippen LogP contribution in [0.15, 0.2) is 0 Å². The maximum Gasteiger partial charge on any atom is 0.0474 e. The molecule has 0 spiro atoms. The lowest BCUT2D eigenvalue weighted by molar-refractivity contribution is 0.205. The van der Waals surface area contributed by atoms with E-state index in [2.05, 4.69) is 5.32 Å². The summed E-state index contributed by atoms with van der Waals surface area (Å²) in [5.74, 6) is 0.551. The lowest BCUT2D eigenvalue weighted by Crippen LogP contribution is -2.35. The predicted octanol–water partition coefficient (Wildman–Crippen LogP) is 0.899. The minimum atomic E-state index is 0.379. The van der Waals surface area contributed by atoms with Crippen molar-refractivity contribution >= 4 is 0 Å². The summed E-state index contributed by atoms with van der Waals surface area (Å²) in [7, 11) is 0. The SMILES string of the molecule is OCC1CCCC1NC1CC1. The highest BCUT2D eigenvalue weighted by Crippen LogP contribution is 2.29. The van der Waals surface area contributed by atoms with E-state index in [1.165, 1.54) is 32.1 Å². The summed E-state index contributed by atoms with van der Waals surface area (Å²) < 4.78 is 0. The van der Waals surface area contributed by atoms with E-state index in [9.17, 15) is 0 Å². The molecule has 2 fully saturated rings. The lowest BCUT2D eigenvalue weighted by Gasteiger charge is -2.18. The average Bonchev–Trinajstić information content (AvgIpc) is 2.68. The van der Waals surface area contributed by atoms with Crippen LogP contribution in [0.4, 0.5) is 0 Å². The standard InChI is InChI=1S/C9H17NO/c11-6-7-2-1-3-9(7)10-8-4-5-8/h7-11H,1-6H2. The van der Waals surface area contributed by atoms with E-state index in [0.717, 1.165) is 6.04 Å². The van der Waals surface area contributed by atoms with Gasteiger partial charge in [0.25, 0.3) is 0 Å². The number of hydrogen-bond acceptors (Lipinski definition) is 2. The maximum atomic E-state index is 9.03. The molecular formula is C9H17NO. The van der Waals surface area contributed by atoms with Crippen LogP contribution in [0.25, 0.3) is 0 Å². The molecule has 2 N–H and O–H groups in total. The zero-order valence-corrected chi connectivity index (χ0v) is 6.92. The first-order chi connectivity index (χ1) is 5.40. The van der Waals surface area contributed by atoms with E-state index in [1.54, 1.807) is 0 Å². The highest BCUT2D eigenvalue weighted by molar-refractivity contribution is 4.90. The summed E-state index contributed by atoms with van der Waals surface area (Å²) in [6, 6.07) is 1.43. The Kier molecular flexibility index (Phi) is 2.14. The zero-order chi connectivity index (χ0) is 7.68. The molecule has 0 aromatic carbocycles. The Bertz CT molecular complexity index is 134. The summed E-state index contributed by atoms with van der Waals surface area (Å²) in [6.45, 7) is 0.379. The fourth-order valence-corrected chi connectivity index (χ4v) is 2.03. The molecule has 0 radical (unpaired) electrons. The fraction of sp³-hybridized carbons (Fsp3) is 1.00. The number of aliphatic hydroxyl groups is 1. The molecule has 2 aliphatic carbocycles. The molecule has 64 valence electrons. The van der Waals surface area contributed by atoms with Crippen LogP contribution >= 0.6 is 0 Å². The van der Waals surface area contributed by atoms with Gasteiger partial charge in [-0.3, -0.25) is 0 Å². The van der Waals surface area contributed by atoms with Crippen LogP contribution in [0.2, 0.25) is 0 Å². The van der Waals surface area contributed by atoms with Crippen molar-refractivity contribution in [3.63, 3.8) is 0 Å². The molecule has 0 amide bonds. The van der Waals surface area contributed by atoms with Gasteiger partial charge in [-0.05, 0) is 31.6 Å². The first-order valence-corrected chi connectivity index (χ1v) is 4.77. The normalized spacial score (nSPS) is 37.9. The van der Waals surface area contributed by atoms with Gasteiger partial charge in [-0.15, -0.1) is 0 Å². The van der Waals surface area contributed by atoms with Crippen molar-refractivity contribution in [2.75, 3.05) is 6.61 Å². The molecule has 2 rings (SSSR count). The smallest absolute Gasteiger partial charge is 0.0474 e. The second kappa shape index (κ2) is 3.11. The molecule has 2 heteroatoms. The highest BCUT2D eigenvalue weighted by Gasteiger charge is 2.31. The van der Waals surface area contributed by atoms with Gasteiger partial charge in [0.1, 0.15) is 0 Å². The molecule has 0 aliphatic heterocycles. The third-order valence-corrected chi connectivity index (χ3v) is 2.92. The van der Waals surface area contributed by atoms with Crippen LogP contribution < -0.4 is 5.32 Å². The summed E-state index contributed by atoms with van der Waals surface area (Å²) in [5.41, 5.74) is 0. The van der Waals surface area contributed by atoms with Gasteiger partial charge >= 0.3 is 0 Å². The van der Waals surface area contributed by atoms with Crippen molar-refractivity contribution < 1.29 is 5.11 Å². The van der Waals surface area contributed by atoms with E-state index in [1.807, 2.05) is 0 Å². The second-order valence-corrected chi connectivity index (χ2v) is 3.92.